The van der Waals surface area contributed by atoms with E-state index in [1.165, 1.54) is 7.11 Å². The van der Waals surface area contributed by atoms with Gasteiger partial charge in [0.2, 0.25) is 5.88 Å². The van der Waals surface area contributed by atoms with Gasteiger partial charge >= 0.3 is 6.18 Å². The maximum absolute atomic E-state index is 13.1. The number of nitrogens with zero attached hydrogens (tertiary/aromatic N) is 4. The second kappa shape index (κ2) is 6.39. The van der Waals surface area contributed by atoms with Crippen LogP contribution in [0.4, 0.5) is 13.2 Å². The third-order valence-corrected chi connectivity index (χ3v) is 4.08. The first-order chi connectivity index (χ1) is 13.0. The molecule has 0 aliphatic rings. The molecule has 0 bridgehead atoms. The number of ether oxygens (including phenoxy) is 1. The predicted octanol–water partition coefficient (Wildman–Crippen LogP) is 4.51. The second-order valence-corrected chi connectivity index (χ2v) is 5.77. The van der Waals surface area contributed by atoms with Crippen LogP contribution in [0.25, 0.3) is 28.1 Å². The van der Waals surface area contributed by atoms with Crippen LogP contribution >= 0.6 is 0 Å². The van der Waals surface area contributed by atoms with Crippen LogP contribution in [0.15, 0.2) is 61.1 Å². The average Bonchev–Trinajstić information content (AvgIpc) is 3.07. The van der Waals surface area contributed by atoms with Crippen LogP contribution in [0.2, 0.25) is 0 Å². The Morgan fingerprint density at radius 2 is 1.81 bits per heavy atom. The lowest BCUT2D eigenvalue weighted by Crippen LogP contribution is -2.06. The molecule has 5 nitrogen and oxygen atoms in total. The third kappa shape index (κ3) is 3.10. The standard InChI is InChI=1S/C19H13F3N4O/c1-27-17-6-5-14(11-24-17)26-16(15-4-2-3-7-23-15)9-12-8-13(19(20,21)22)10-25-18(12)26/h2-11H,1H3. The fourth-order valence-electron chi connectivity index (χ4n) is 2.84. The Morgan fingerprint density at radius 3 is 2.44 bits per heavy atom. The van der Waals surface area contributed by atoms with Crippen molar-refractivity contribution in [2.45, 2.75) is 6.18 Å². The molecule has 0 atom stereocenters. The number of aromatic nitrogens is 4. The lowest BCUT2D eigenvalue weighted by Gasteiger charge is -2.11. The van der Waals surface area contributed by atoms with Gasteiger partial charge in [-0.2, -0.15) is 13.2 Å². The normalized spacial score (nSPS) is 11.7. The third-order valence-electron chi connectivity index (χ3n) is 4.08. The van der Waals surface area contributed by atoms with E-state index < -0.39 is 11.7 Å². The minimum absolute atomic E-state index is 0.362. The van der Waals surface area contributed by atoms with E-state index in [2.05, 4.69) is 15.0 Å². The van der Waals surface area contributed by atoms with E-state index in [1.54, 1.807) is 47.3 Å². The largest absolute Gasteiger partial charge is 0.481 e. The number of methoxy groups -OCH3 is 1. The van der Waals surface area contributed by atoms with Crippen molar-refractivity contribution in [3.05, 3.63) is 66.6 Å². The van der Waals surface area contributed by atoms with Gasteiger partial charge in [0.05, 0.1) is 35.9 Å². The molecule has 0 aliphatic carbocycles. The van der Waals surface area contributed by atoms with Crippen molar-refractivity contribution in [3.63, 3.8) is 0 Å². The highest BCUT2D eigenvalue weighted by atomic mass is 19.4. The van der Waals surface area contributed by atoms with Crippen LogP contribution in [0, 0.1) is 0 Å². The summed E-state index contributed by atoms with van der Waals surface area (Å²) in [5.74, 6) is 0.432. The summed E-state index contributed by atoms with van der Waals surface area (Å²) in [6.07, 6.45) is -0.434. The fourth-order valence-corrected chi connectivity index (χ4v) is 2.84. The smallest absolute Gasteiger partial charge is 0.417 e. The van der Waals surface area contributed by atoms with E-state index >= 15 is 0 Å². The molecule has 0 aliphatic heterocycles. The average molecular weight is 370 g/mol. The zero-order chi connectivity index (χ0) is 19.0. The molecule has 4 aromatic rings. The number of fused-ring (bicyclic) bond motifs is 1. The van der Waals surface area contributed by atoms with E-state index in [4.69, 9.17) is 4.74 Å². The van der Waals surface area contributed by atoms with Crippen molar-refractivity contribution < 1.29 is 17.9 Å². The Balaban J connectivity index is 1.98. The molecule has 0 aromatic carbocycles. The van der Waals surface area contributed by atoms with Crippen LogP contribution < -0.4 is 4.74 Å². The molecule has 0 radical (unpaired) electrons. The lowest BCUT2D eigenvalue weighted by atomic mass is 10.2. The Hall–Kier alpha value is -3.42. The molecule has 0 unspecified atom stereocenters. The van der Waals surface area contributed by atoms with Crippen LogP contribution in [-0.2, 0) is 6.18 Å². The molecule has 27 heavy (non-hydrogen) atoms. The van der Waals surface area contributed by atoms with E-state index in [0.29, 0.717) is 34.0 Å². The van der Waals surface area contributed by atoms with Gasteiger partial charge in [-0.3, -0.25) is 9.55 Å². The monoisotopic (exact) mass is 370 g/mol. The summed E-state index contributed by atoms with van der Waals surface area (Å²) >= 11 is 0. The first kappa shape index (κ1) is 17.0. The molecule has 0 fully saturated rings. The highest BCUT2D eigenvalue weighted by Crippen LogP contribution is 2.34. The minimum atomic E-state index is -4.46. The van der Waals surface area contributed by atoms with Crippen LogP contribution in [0.3, 0.4) is 0 Å². The summed E-state index contributed by atoms with van der Waals surface area (Å²) in [7, 11) is 1.51. The minimum Gasteiger partial charge on any atom is -0.481 e. The van der Waals surface area contributed by atoms with Crippen molar-refractivity contribution in [1.82, 2.24) is 19.5 Å². The molecule has 0 N–H and O–H groups in total. The topological polar surface area (TPSA) is 52.8 Å². The van der Waals surface area contributed by atoms with E-state index in [-0.39, 0.29) is 0 Å². The predicted molar refractivity (Wildman–Crippen MR) is 93.7 cm³/mol. The van der Waals surface area contributed by atoms with Crippen molar-refractivity contribution in [2.24, 2.45) is 0 Å². The molecule has 4 aromatic heterocycles. The molecule has 136 valence electrons. The van der Waals surface area contributed by atoms with E-state index in [1.807, 2.05) is 6.07 Å². The molecule has 4 heterocycles. The fraction of sp³-hybridized carbons (Fsp3) is 0.105. The maximum atomic E-state index is 13.1. The van der Waals surface area contributed by atoms with Gasteiger partial charge < -0.3 is 4.74 Å². The van der Waals surface area contributed by atoms with Crippen molar-refractivity contribution in [3.8, 4) is 23.0 Å². The van der Waals surface area contributed by atoms with Gasteiger partial charge in [-0.1, -0.05) is 6.07 Å². The van der Waals surface area contributed by atoms with Gasteiger partial charge in [-0.05, 0) is 30.3 Å². The van der Waals surface area contributed by atoms with Gasteiger partial charge in [0.1, 0.15) is 5.65 Å². The zero-order valence-electron chi connectivity index (χ0n) is 14.1. The molecule has 0 saturated carbocycles. The molecule has 0 spiro atoms. The Labute approximate surface area is 152 Å². The molecule has 0 saturated heterocycles. The van der Waals surface area contributed by atoms with E-state index in [9.17, 15) is 13.2 Å². The van der Waals surface area contributed by atoms with Crippen LogP contribution in [-0.4, -0.2) is 26.6 Å². The van der Waals surface area contributed by atoms with Crippen molar-refractivity contribution in [2.75, 3.05) is 7.11 Å². The zero-order valence-corrected chi connectivity index (χ0v) is 14.1. The summed E-state index contributed by atoms with van der Waals surface area (Å²) in [5, 5.41) is 0.362. The SMILES string of the molecule is COc1ccc(-n2c(-c3ccccn3)cc3cc(C(F)(F)F)cnc32)cn1. The van der Waals surface area contributed by atoms with Gasteiger partial charge in [0.15, 0.2) is 0 Å². The Bertz CT molecular complexity index is 1090. The quantitative estimate of drug-likeness (QED) is 0.532. The number of hydrogen-bond acceptors (Lipinski definition) is 4. The summed E-state index contributed by atoms with van der Waals surface area (Å²) in [4.78, 5) is 12.6. The molecular weight excluding hydrogens is 357 g/mol. The Morgan fingerprint density at radius 1 is 0.963 bits per heavy atom. The molecule has 8 heteroatoms. The maximum Gasteiger partial charge on any atom is 0.417 e. The van der Waals surface area contributed by atoms with Crippen LogP contribution in [0.1, 0.15) is 5.56 Å². The van der Waals surface area contributed by atoms with Gasteiger partial charge in [0, 0.05) is 23.8 Å². The van der Waals surface area contributed by atoms with Gasteiger partial charge in [0.25, 0.3) is 0 Å². The summed E-state index contributed by atoms with van der Waals surface area (Å²) in [5.41, 5.74) is 1.45. The number of halogens is 3. The summed E-state index contributed by atoms with van der Waals surface area (Å²) < 4.78 is 46.0. The van der Waals surface area contributed by atoms with Crippen molar-refractivity contribution >= 4 is 11.0 Å². The highest BCUT2D eigenvalue weighted by Gasteiger charge is 2.31. The lowest BCUT2D eigenvalue weighted by molar-refractivity contribution is -0.137. The second-order valence-electron chi connectivity index (χ2n) is 5.77. The van der Waals surface area contributed by atoms with Crippen molar-refractivity contribution in [1.29, 1.82) is 0 Å². The Kier molecular flexibility index (Phi) is 4.02. The summed E-state index contributed by atoms with van der Waals surface area (Å²) in [6, 6.07) is 11.5. The number of hydrogen-bond donors (Lipinski definition) is 0. The molecular formula is C19H13F3N4O. The van der Waals surface area contributed by atoms with Gasteiger partial charge in [-0.25, -0.2) is 9.97 Å². The number of alkyl halides is 3. The molecule has 0 amide bonds. The number of rotatable bonds is 3. The van der Waals surface area contributed by atoms with E-state index in [0.717, 1.165) is 12.3 Å². The highest BCUT2D eigenvalue weighted by molar-refractivity contribution is 5.86. The van der Waals surface area contributed by atoms with Crippen LogP contribution in [0.5, 0.6) is 5.88 Å². The van der Waals surface area contributed by atoms with Gasteiger partial charge in [-0.15, -0.1) is 0 Å². The summed E-state index contributed by atoms with van der Waals surface area (Å²) in [6.45, 7) is 0. The first-order valence-corrected chi connectivity index (χ1v) is 7.98. The first-order valence-electron chi connectivity index (χ1n) is 7.98. The number of pyridine rings is 3. The molecule has 4 rings (SSSR count).